The maximum atomic E-state index is 12.9. The molecule has 0 N–H and O–H groups in total. The van der Waals surface area contributed by atoms with Crippen LogP contribution in [-0.2, 0) is 19.4 Å². The standard InChI is InChI=1S/C23H23N3O/c1-3-17-14-24-16(2)25-22(17)19-8-10-20(11-9-19)23(27)26-13-12-18-6-4-5-7-21(18)15-26/h4-11,14H,3,12-13,15H2,1-2H3. The third-order valence-electron chi connectivity index (χ3n) is 5.19. The number of hydrogen-bond donors (Lipinski definition) is 0. The van der Waals surface area contributed by atoms with Crippen LogP contribution in [0.25, 0.3) is 11.3 Å². The normalized spacial score (nSPS) is 13.3. The Balaban J connectivity index is 1.56. The van der Waals surface area contributed by atoms with E-state index in [4.69, 9.17) is 0 Å². The molecule has 0 fully saturated rings. The van der Waals surface area contributed by atoms with Gasteiger partial charge in [0.25, 0.3) is 5.91 Å². The van der Waals surface area contributed by atoms with Gasteiger partial charge in [-0.3, -0.25) is 4.79 Å². The molecule has 1 aliphatic heterocycles. The number of aryl methyl sites for hydroxylation is 2. The molecule has 3 aromatic rings. The van der Waals surface area contributed by atoms with E-state index in [1.807, 2.05) is 48.4 Å². The summed E-state index contributed by atoms with van der Waals surface area (Å²) >= 11 is 0. The second-order valence-corrected chi connectivity index (χ2v) is 6.97. The number of aromatic nitrogens is 2. The van der Waals surface area contributed by atoms with Gasteiger partial charge in [-0.05, 0) is 48.6 Å². The van der Waals surface area contributed by atoms with Gasteiger partial charge in [0.05, 0.1) is 5.69 Å². The van der Waals surface area contributed by atoms with Gasteiger partial charge in [-0.2, -0.15) is 0 Å². The first kappa shape index (κ1) is 17.4. The van der Waals surface area contributed by atoms with Crippen LogP contribution >= 0.6 is 0 Å². The van der Waals surface area contributed by atoms with Crippen molar-refractivity contribution in [3.63, 3.8) is 0 Å². The SMILES string of the molecule is CCc1cnc(C)nc1-c1ccc(C(=O)N2CCc3ccccc3C2)cc1. The quantitative estimate of drug-likeness (QED) is 0.705. The summed E-state index contributed by atoms with van der Waals surface area (Å²) in [5.74, 6) is 0.847. The summed E-state index contributed by atoms with van der Waals surface area (Å²) in [6.07, 6.45) is 3.69. The maximum Gasteiger partial charge on any atom is 0.254 e. The van der Waals surface area contributed by atoms with Gasteiger partial charge in [0, 0.05) is 30.4 Å². The van der Waals surface area contributed by atoms with E-state index in [1.165, 1.54) is 11.1 Å². The third kappa shape index (κ3) is 3.47. The van der Waals surface area contributed by atoms with E-state index < -0.39 is 0 Å². The average Bonchev–Trinajstić information content (AvgIpc) is 2.73. The van der Waals surface area contributed by atoms with Crippen LogP contribution in [0.2, 0.25) is 0 Å². The average molecular weight is 357 g/mol. The van der Waals surface area contributed by atoms with Gasteiger partial charge < -0.3 is 4.90 Å². The van der Waals surface area contributed by atoms with Crippen LogP contribution in [-0.4, -0.2) is 27.3 Å². The molecule has 0 saturated carbocycles. The van der Waals surface area contributed by atoms with Crippen molar-refractivity contribution in [1.82, 2.24) is 14.9 Å². The summed E-state index contributed by atoms with van der Waals surface area (Å²) in [6, 6.07) is 16.2. The van der Waals surface area contributed by atoms with E-state index in [0.29, 0.717) is 6.54 Å². The molecule has 136 valence electrons. The smallest absolute Gasteiger partial charge is 0.254 e. The number of hydrogen-bond acceptors (Lipinski definition) is 3. The van der Waals surface area contributed by atoms with Crippen LogP contribution in [0.15, 0.2) is 54.7 Å². The van der Waals surface area contributed by atoms with Gasteiger partial charge in [0.15, 0.2) is 0 Å². The lowest BCUT2D eigenvalue weighted by Crippen LogP contribution is -2.35. The zero-order valence-corrected chi connectivity index (χ0v) is 15.8. The monoisotopic (exact) mass is 357 g/mol. The van der Waals surface area contributed by atoms with Crippen molar-refractivity contribution in [3.05, 3.63) is 82.8 Å². The number of amides is 1. The molecule has 0 spiro atoms. The fourth-order valence-electron chi connectivity index (χ4n) is 3.63. The highest BCUT2D eigenvalue weighted by Gasteiger charge is 2.21. The highest BCUT2D eigenvalue weighted by molar-refractivity contribution is 5.94. The Labute approximate surface area is 159 Å². The summed E-state index contributed by atoms with van der Waals surface area (Å²) in [5.41, 5.74) is 6.42. The molecule has 4 nitrogen and oxygen atoms in total. The Hall–Kier alpha value is -3.01. The molecule has 0 radical (unpaired) electrons. The largest absolute Gasteiger partial charge is 0.334 e. The number of fused-ring (bicyclic) bond motifs is 1. The first-order chi connectivity index (χ1) is 13.2. The zero-order chi connectivity index (χ0) is 18.8. The summed E-state index contributed by atoms with van der Waals surface area (Å²) < 4.78 is 0. The highest BCUT2D eigenvalue weighted by Crippen LogP contribution is 2.24. The summed E-state index contributed by atoms with van der Waals surface area (Å²) in [6.45, 7) is 5.45. The van der Waals surface area contributed by atoms with Gasteiger partial charge in [-0.25, -0.2) is 9.97 Å². The summed E-state index contributed by atoms with van der Waals surface area (Å²) in [5, 5.41) is 0. The molecule has 1 amide bonds. The molecule has 2 heterocycles. The van der Waals surface area contributed by atoms with Crippen LogP contribution in [0, 0.1) is 6.92 Å². The van der Waals surface area contributed by atoms with Crippen molar-refractivity contribution in [2.75, 3.05) is 6.54 Å². The molecule has 0 bridgehead atoms. The first-order valence-corrected chi connectivity index (χ1v) is 9.44. The van der Waals surface area contributed by atoms with Gasteiger partial charge in [0.2, 0.25) is 0 Å². The second-order valence-electron chi connectivity index (χ2n) is 6.97. The molecule has 0 unspecified atom stereocenters. The highest BCUT2D eigenvalue weighted by atomic mass is 16.2. The minimum Gasteiger partial charge on any atom is -0.334 e. The topological polar surface area (TPSA) is 46.1 Å². The van der Waals surface area contributed by atoms with Crippen molar-refractivity contribution in [2.45, 2.75) is 33.2 Å². The van der Waals surface area contributed by atoms with Gasteiger partial charge in [-0.1, -0.05) is 43.3 Å². The Morgan fingerprint density at radius 3 is 2.56 bits per heavy atom. The molecular formula is C23H23N3O. The molecule has 1 aromatic heterocycles. The van der Waals surface area contributed by atoms with Crippen LogP contribution in [0.5, 0.6) is 0 Å². The van der Waals surface area contributed by atoms with Gasteiger partial charge >= 0.3 is 0 Å². The molecular weight excluding hydrogens is 334 g/mol. The van der Waals surface area contributed by atoms with E-state index in [2.05, 4.69) is 35.1 Å². The van der Waals surface area contributed by atoms with Crippen molar-refractivity contribution in [1.29, 1.82) is 0 Å². The molecule has 4 rings (SSSR count). The van der Waals surface area contributed by atoms with Crippen LogP contribution in [0.1, 0.15) is 39.8 Å². The molecule has 27 heavy (non-hydrogen) atoms. The molecule has 0 aliphatic carbocycles. The number of nitrogens with zero attached hydrogens (tertiary/aromatic N) is 3. The first-order valence-electron chi connectivity index (χ1n) is 9.44. The predicted octanol–water partition coefficient (Wildman–Crippen LogP) is 4.21. The van der Waals surface area contributed by atoms with Crippen molar-refractivity contribution in [2.24, 2.45) is 0 Å². The molecule has 4 heteroatoms. The van der Waals surface area contributed by atoms with Crippen LogP contribution in [0.3, 0.4) is 0 Å². The van der Waals surface area contributed by atoms with E-state index in [0.717, 1.165) is 47.6 Å². The molecule has 2 aromatic carbocycles. The lowest BCUT2D eigenvalue weighted by atomic mass is 9.99. The van der Waals surface area contributed by atoms with E-state index in [9.17, 15) is 4.79 Å². The van der Waals surface area contributed by atoms with Crippen molar-refractivity contribution < 1.29 is 4.79 Å². The Bertz CT molecular complexity index is 979. The zero-order valence-electron chi connectivity index (χ0n) is 15.8. The fourth-order valence-corrected chi connectivity index (χ4v) is 3.63. The predicted molar refractivity (Wildman–Crippen MR) is 106 cm³/mol. The second kappa shape index (κ2) is 7.31. The Morgan fingerprint density at radius 1 is 1.07 bits per heavy atom. The van der Waals surface area contributed by atoms with E-state index in [1.54, 1.807) is 0 Å². The summed E-state index contributed by atoms with van der Waals surface area (Å²) in [4.78, 5) is 23.8. The van der Waals surface area contributed by atoms with Crippen molar-refractivity contribution >= 4 is 5.91 Å². The fraction of sp³-hybridized carbons (Fsp3) is 0.261. The van der Waals surface area contributed by atoms with Crippen LogP contribution < -0.4 is 0 Å². The van der Waals surface area contributed by atoms with E-state index >= 15 is 0 Å². The lowest BCUT2D eigenvalue weighted by Gasteiger charge is -2.29. The Kier molecular flexibility index (Phi) is 4.71. The maximum absolute atomic E-state index is 12.9. The van der Waals surface area contributed by atoms with Gasteiger partial charge in [-0.15, -0.1) is 0 Å². The van der Waals surface area contributed by atoms with Gasteiger partial charge in [0.1, 0.15) is 5.82 Å². The van der Waals surface area contributed by atoms with E-state index in [-0.39, 0.29) is 5.91 Å². The third-order valence-corrected chi connectivity index (χ3v) is 5.19. The van der Waals surface area contributed by atoms with Crippen molar-refractivity contribution in [3.8, 4) is 11.3 Å². The van der Waals surface area contributed by atoms with Crippen LogP contribution in [0.4, 0.5) is 0 Å². The molecule has 1 aliphatic rings. The minimum atomic E-state index is 0.0886. The number of benzene rings is 2. The molecule has 0 atom stereocenters. The minimum absolute atomic E-state index is 0.0886. The lowest BCUT2D eigenvalue weighted by molar-refractivity contribution is 0.0734. The number of rotatable bonds is 3. The number of carbonyl (C=O) groups excluding carboxylic acids is 1. The number of carbonyl (C=O) groups is 1. The summed E-state index contributed by atoms with van der Waals surface area (Å²) in [7, 11) is 0. The molecule has 0 saturated heterocycles. The Morgan fingerprint density at radius 2 is 1.81 bits per heavy atom.